The highest BCUT2D eigenvalue weighted by Gasteiger charge is 2.33. The summed E-state index contributed by atoms with van der Waals surface area (Å²) in [5.74, 6) is -1.31. The number of sulfonamides is 1. The minimum atomic E-state index is -3.83. The van der Waals surface area contributed by atoms with Gasteiger partial charge in [-0.1, -0.05) is 67.6 Å². The fourth-order valence-corrected chi connectivity index (χ4v) is 5.05. The normalized spacial score (nSPS) is 12.0. The molecule has 202 valence electrons. The number of aryl methyl sites for hydroxylation is 1. The van der Waals surface area contributed by atoms with E-state index in [0.29, 0.717) is 29.8 Å². The monoisotopic (exact) mass is 539 g/mol. The third-order valence-electron chi connectivity index (χ3n) is 6.15. The summed E-state index contributed by atoms with van der Waals surface area (Å²) in [7, 11) is -3.83. The van der Waals surface area contributed by atoms with E-state index < -0.39 is 34.3 Å². The van der Waals surface area contributed by atoms with Gasteiger partial charge in [-0.05, 0) is 48.2 Å². The zero-order valence-electron chi connectivity index (χ0n) is 21.9. The molecule has 0 aliphatic rings. The van der Waals surface area contributed by atoms with E-state index in [0.717, 1.165) is 16.1 Å². The van der Waals surface area contributed by atoms with Crippen LogP contribution in [0, 0.1) is 12.7 Å². The molecule has 0 saturated heterocycles. The van der Waals surface area contributed by atoms with Gasteiger partial charge in [0.05, 0.1) is 11.9 Å². The number of amides is 2. The van der Waals surface area contributed by atoms with Crippen molar-refractivity contribution in [1.82, 2.24) is 10.2 Å². The predicted octanol–water partition coefficient (Wildman–Crippen LogP) is 4.07. The third-order valence-corrected chi connectivity index (χ3v) is 7.28. The van der Waals surface area contributed by atoms with E-state index in [-0.39, 0.29) is 18.9 Å². The van der Waals surface area contributed by atoms with Gasteiger partial charge in [-0.25, -0.2) is 12.8 Å². The molecule has 9 heteroatoms. The number of nitrogens with zero attached hydrogens (tertiary/aromatic N) is 2. The summed E-state index contributed by atoms with van der Waals surface area (Å²) in [6.45, 7) is 3.64. The van der Waals surface area contributed by atoms with Crippen LogP contribution < -0.4 is 9.62 Å². The highest BCUT2D eigenvalue weighted by Crippen LogP contribution is 2.23. The largest absolute Gasteiger partial charge is 0.354 e. The topological polar surface area (TPSA) is 86.8 Å². The fraction of sp³-hybridized carbons (Fsp3) is 0.310. The first-order chi connectivity index (χ1) is 18.1. The minimum Gasteiger partial charge on any atom is -0.354 e. The van der Waals surface area contributed by atoms with Crippen molar-refractivity contribution in [2.24, 2.45) is 0 Å². The molecule has 1 N–H and O–H groups in total. The van der Waals surface area contributed by atoms with Crippen LogP contribution in [0.2, 0.25) is 0 Å². The molecule has 0 aliphatic heterocycles. The van der Waals surface area contributed by atoms with Crippen LogP contribution in [0.15, 0.2) is 78.9 Å². The quantitative estimate of drug-likeness (QED) is 0.376. The SMILES string of the molecule is CCCNC(=O)[C@@H](Cc1ccccc1)N(Cc1ccc(F)cc1)C(=O)CN(c1ccccc1C)S(C)(=O)=O. The molecule has 2 amide bonds. The standard InChI is InChI=1S/C29H34FN3O4S/c1-4-18-31-29(35)27(19-23-11-6-5-7-12-23)32(20-24-14-16-25(30)17-15-24)28(34)21-33(38(3,36)37)26-13-9-8-10-22(26)2/h5-17,27H,4,18-21H2,1-3H3,(H,31,35)/t27-/m1/s1. The molecule has 3 rings (SSSR count). The summed E-state index contributed by atoms with van der Waals surface area (Å²) in [4.78, 5) is 28.7. The molecule has 38 heavy (non-hydrogen) atoms. The smallest absolute Gasteiger partial charge is 0.244 e. The second-order valence-corrected chi connectivity index (χ2v) is 11.1. The predicted molar refractivity (Wildman–Crippen MR) is 148 cm³/mol. The van der Waals surface area contributed by atoms with Crippen LogP contribution >= 0.6 is 0 Å². The summed E-state index contributed by atoms with van der Waals surface area (Å²) in [5, 5.41) is 2.88. The molecule has 0 bridgehead atoms. The number of nitrogens with one attached hydrogen (secondary N) is 1. The van der Waals surface area contributed by atoms with Crippen molar-refractivity contribution in [3.8, 4) is 0 Å². The van der Waals surface area contributed by atoms with E-state index in [1.807, 2.05) is 37.3 Å². The highest BCUT2D eigenvalue weighted by molar-refractivity contribution is 7.92. The number of carbonyl (C=O) groups excluding carboxylic acids is 2. The molecular formula is C29H34FN3O4S. The highest BCUT2D eigenvalue weighted by atomic mass is 32.2. The van der Waals surface area contributed by atoms with Crippen molar-refractivity contribution >= 4 is 27.5 Å². The number of carbonyl (C=O) groups is 2. The van der Waals surface area contributed by atoms with Crippen molar-refractivity contribution in [1.29, 1.82) is 0 Å². The Labute approximate surface area is 224 Å². The first-order valence-electron chi connectivity index (χ1n) is 12.5. The molecule has 0 aliphatic carbocycles. The number of anilines is 1. The Bertz CT molecular complexity index is 1330. The van der Waals surface area contributed by atoms with Crippen LogP contribution in [0.25, 0.3) is 0 Å². The summed E-state index contributed by atoms with van der Waals surface area (Å²) >= 11 is 0. The lowest BCUT2D eigenvalue weighted by Crippen LogP contribution is -2.53. The minimum absolute atomic E-state index is 0.00152. The molecule has 0 fully saturated rings. The Kier molecular flexibility index (Phi) is 10.0. The van der Waals surface area contributed by atoms with Gasteiger partial charge < -0.3 is 10.2 Å². The van der Waals surface area contributed by atoms with Crippen LogP contribution in [0.5, 0.6) is 0 Å². The molecule has 0 spiro atoms. The molecule has 0 aromatic heterocycles. The number of hydrogen-bond acceptors (Lipinski definition) is 4. The van der Waals surface area contributed by atoms with E-state index in [1.54, 1.807) is 43.3 Å². The molecule has 0 unspecified atom stereocenters. The Morgan fingerprint density at radius 3 is 2.16 bits per heavy atom. The lowest BCUT2D eigenvalue weighted by molar-refractivity contribution is -0.140. The molecule has 1 atom stereocenters. The lowest BCUT2D eigenvalue weighted by Gasteiger charge is -2.33. The van der Waals surface area contributed by atoms with Gasteiger partial charge in [-0.3, -0.25) is 13.9 Å². The first-order valence-corrected chi connectivity index (χ1v) is 14.3. The zero-order chi connectivity index (χ0) is 27.7. The van der Waals surface area contributed by atoms with Crippen LogP contribution in [-0.4, -0.2) is 50.5 Å². The first kappa shape index (κ1) is 28.8. The van der Waals surface area contributed by atoms with Gasteiger partial charge >= 0.3 is 0 Å². The molecule has 0 radical (unpaired) electrons. The van der Waals surface area contributed by atoms with Gasteiger partial charge in [-0.15, -0.1) is 0 Å². The fourth-order valence-electron chi connectivity index (χ4n) is 4.14. The maximum absolute atomic E-state index is 13.9. The summed E-state index contributed by atoms with van der Waals surface area (Å²) < 4.78 is 40.3. The van der Waals surface area contributed by atoms with E-state index in [4.69, 9.17) is 0 Å². The average molecular weight is 540 g/mol. The van der Waals surface area contributed by atoms with Crippen molar-refractivity contribution < 1.29 is 22.4 Å². The number of hydrogen-bond donors (Lipinski definition) is 1. The number of rotatable bonds is 12. The van der Waals surface area contributed by atoms with Gasteiger partial charge in [0.15, 0.2) is 0 Å². The second kappa shape index (κ2) is 13.2. The van der Waals surface area contributed by atoms with Crippen molar-refractivity contribution in [2.45, 2.75) is 39.3 Å². The Hall–Kier alpha value is -3.72. The van der Waals surface area contributed by atoms with Crippen LogP contribution in [-0.2, 0) is 32.6 Å². The summed E-state index contributed by atoms with van der Waals surface area (Å²) in [5.41, 5.74) is 2.54. The van der Waals surface area contributed by atoms with E-state index in [2.05, 4.69) is 5.32 Å². The molecule has 0 saturated carbocycles. The number of benzene rings is 3. The average Bonchev–Trinajstić information content (AvgIpc) is 2.89. The van der Waals surface area contributed by atoms with E-state index in [1.165, 1.54) is 17.0 Å². The maximum atomic E-state index is 13.9. The molecule has 3 aromatic rings. The van der Waals surface area contributed by atoms with Crippen molar-refractivity contribution in [3.05, 3.63) is 101 Å². The van der Waals surface area contributed by atoms with Crippen LogP contribution in [0.3, 0.4) is 0 Å². The summed E-state index contributed by atoms with van der Waals surface area (Å²) in [6.07, 6.45) is 1.99. The molecule has 3 aromatic carbocycles. The second-order valence-electron chi connectivity index (χ2n) is 9.20. The lowest BCUT2D eigenvalue weighted by atomic mass is 10.0. The molecular weight excluding hydrogens is 505 g/mol. The van der Waals surface area contributed by atoms with Gasteiger partial charge in [0.2, 0.25) is 21.8 Å². The van der Waals surface area contributed by atoms with Gasteiger partial charge in [-0.2, -0.15) is 0 Å². The molecule has 7 nitrogen and oxygen atoms in total. The van der Waals surface area contributed by atoms with Crippen LogP contribution in [0.1, 0.15) is 30.0 Å². The van der Waals surface area contributed by atoms with Gasteiger partial charge in [0.1, 0.15) is 18.4 Å². The maximum Gasteiger partial charge on any atom is 0.244 e. The van der Waals surface area contributed by atoms with E-state index in [9.17, 15) is 22.4 Å². The third kappa shape index (κ3) is 7.89. The van der Waals surface area contributed by atoms with Gasteiger partial charge in [0.25, 0.3) is 0 Å². The Morgan fingerprint density at radius 2 is 1.55 bits per heavy atom. The van der Waals surface area contributed by atoms with Crippen molar-refractivity contribution in [3.63, 3.8) is 0 Å². The van der Waals surface area contributed by atoms with E-state index >= 15 is 0 Å². The van der Waals surface area contributed by atoms with Crippen LogP contribution in [0.4, 0.5) is 10.1 Å². The zero-order valence-corrected chi connectivity index (χ0v) is 22.7. The Morgan fingerprint density at radius 1 is 0.921 bits per heavy atom. The molecule has 0 heterocycles. The number of para-hydroxylation sites is 1. The number of halogens is 1. The van der Waals surface area contributed by atoms with Gasteiger partial charge in [0, 0.05) is 19.5 Å². The van der Waals surface area contributed by atoms with Crippen molar-refractivity contribution in [2.75, 3.05) is 23.7 Å². The summed E-state index contributed by atoms with van der Waals surface area (Å²) in [6, 6.07) is 21.0. The Balaban J connectivity index is 2.04.